The lowest BCUT2D eigenvalue weighted by molar-refractivity contribution is -0.156. The number of nitrogens with zero attached hydrogens (tertiary/aromatic N) is 2. The lowest BCUT2D eigenvalue weighted by Gasteiger charge is -2.40. The zero-order valence-electron chi connectivity index (χ0n) is 19.8. The van der Waals surface area contributed by atoms with Crippen molar-refractivity contribution in [1.29, 1.82) is 0 Å². The molecule has 0 spiro atoms. The second-order valence-electron chi connectivity index (χ2n) is 9.17. The molecule has 188 valence electrons. The van der Waals surface area contributed by atoms with E-state index in [0.717, 1.165) is 4.47 Å². The first kappa shape index (κ1) is 24.7. The fourth-order valence-corrected chi connectivity index (χ4v) is 6.15. The zero-order chi connectivity index (χ0) is 25.7. The van der Waals surface area contributed by atoms with Gasteiger partial charge in [-0.25, -0.2) is 0 Å². The maximum Gasteiger partial charge on any atom is 0.229 e. The molecular weight excluding hydrogens is 528 g/mol. The second kappa shape index (κ2) is 9.15. The van der Waals surface area contributed by atoms with Gasteiger partial charge in [-0.2, -0.15) is 0 Å². The van der Waals surface area contributed by atoms with Crippen LogP contribution in [-0.2, 0) is 16.0 Å². The minimum absolute atomic E-state index is 0.0813. The smallest absolute Gasteiger partial charge is 0.229 e. The third kappa shape index (κ3) is 3.30. The Labute approximate surface area is 217 Å². The summed E-state index contributed by atoms with van der Waals surface area (Å²) in [5.74, 6) is -1.79. The predicted molar refractivity (Wildman–Crippen MR) is 135 cm³/mol. The van der Waals surface area contributed by atoms with E-state index in [2.05, 4.69) is 20.9 Å². The number of ether oxygens (including phenoxy) is 2. The van der Waals surface area contributed by atoms with Gasteiger partial charge in [0.25, 0.3) is 0 Å². The highest BCUT2D eigenvalue weighted by Gasteiger charge is 2.78. The van der Waals surface area contributed by atoms with Gasteiger partial charge in [0.05, 0.1) is 37.6 Å². The SMILES string of the molecule is COc1cncc2c1[C@]1(O)[C@H](O)C(C(=O)N(C)CCO)[C@@H](c3ccccc3)[C@]1(c1ccc(Br)cc1)O2. The Morgan fingerprint density at radius 2 is 1.86 bits per heavy atom. The maximum absolute atomic E-state index is 13.8. The molecule has 2 aromatic carbocycles. The molecule has 0 bridgehead atoms. The highest BCUT2D eigenvalue weighted by Crippen LogP contribution is 2.69. The molecule has 0 saturated heterocycles. The van der Waals surface area contributed by atoms with Crippen LogP contribution in [0.2, 0.25) is 0 Å². The first-order valence-electron chi connectivity index (χ1n) is 11.6. The van der Waals surface area contributed by atoms with Gasteiger partial charge in [0, 0.05) is 24.0 Å². The Kier molecular flexibility index (Phi) is 6.28. The lowest BCUT2D eigenvalue weighted by Crippen LogP contribution is -2.52. The van der Waals surface area contributed by atoms with Crippen LogP contribution in [0.1, 0.15) is 22.6 Å². The highest BCUT2D eigenvalue weighted by molar-refractivity contribution is 9.10. The summed E-state index contributed by atoms with van der Waals surface area (Å²) in [4.78, 5) is 19.4. The summed E-state index contributed by atoms with van der Waals surface area (Å²) in [6.07, 6.45) is 1.37. The van der Waals surface area contributed by atoms with Crippen molar-refractivity contribution in [2.45, 2.75) is 23.2 Å². The van der Waals surface area contributed by atoms with E-state index in [1.807, 2.05) is 54.6 Å². The molecule has 1 aromatic heterocycles. The molecule has 1 amide bonds. The van der Waals surface area contributed by atoms with Crippen LogP contribution in [-0.4, -0.2) is 64.5 Å². The van der Waals surface area contributed by atoms with E-state index in [-0.39, 0.29) is 30.2 Å². The van der Waals surface area contributed by atoms with Gasteiger partial charge < -0.3 is 29.7 Å². The van der Waals surface area contributed by atoms with Gasteiger partial charge in [0.15, 0.2) is 11.2 Å². The summed E-state index contributed by atoms with van der Waals surface area (Å²) in [7, 11) is 3.02. The fourth-order valence-electron chi connectivity index (χ4n) is 5.88. The fraction of sp³-hybridized carbons (Fsp3) is 0.333. The number of carbonyl (C=O) groups excluding carboxylic acids is 1. The molecule has 1 unspecified atom stereocenters. The third-order valence-electron chi connectivity index (χ3n) is 7.41. The number of carbonyl (C=O) groups is 1. The largest absolute Gasteiger partial charge is 0.495 e. The number of likely N-dealkylation sites (N-methyl/N-ethyl adjacent to an activating group) is 1. The predicted octanol–water partition coefficient (Wildman–Crippen LogP) is 2.55. The summed E-state index contributed by atoms with van der Waals surface area (Å²) in [6, 6.07) is 16.5. The molecule has 5 atom stereocenters. The monoisotopic (exact) mass is 554 g/mol. The van der Waals surface area contributed by atoms with Crippen LogP contribution in [0.25, 0.3) is 0 Å². The number of halogens is 1. The van der Waals surface area contributed by atoms with Gasteiger partial charge >= 0.3 is 0 Å². The van der Waals surface area contributed by atoms with Crippen molar-refractivity contribution in [3.63, 3.8) is 0 Å². The number of methoxy groups -OCH3 is 1. The van der Waals surface area contributed by atoms with E-state index in [4.69, 9.17) is 9.47 Å². The Morgan fingerprint density at radius 3 is 2.50 bits per heavy atom. The van der Waals surface area contributed by atoms with E-state index in [0.29, 0.717) is 11.1 Å². The number of hydrogen-bond donors (Lipinski definition) is 3. The van der Waals surface area contributed by atoms with Crippen molar-refractivity contribution in [2.24, 2.45) is 5.92 Å². The van der Waals surface area contributed by atoms with Crippen LogP contribution in [0, 0.1) is 5.92 Å². The van der Waals surface area contributed by atoms with Gasteiger partial charge in [-0.05, 0) is 23.3 Å². The van der Waals surface area contributed by atoms with Gasteiger partial charge in [0.1, 0.15) is 17.6 Å². The normalized spacial score (nSPS) is 28.2. The van der Waals surface area contributed by atoms with Crippen LogP contribution >= 0.6 is 15.9 Å². The molecule has 3 N–H and O–H groups in total. The molecule has 2 aliphatic rings. The van der Waals surface area contributed by atoms with Gasteiger partial charge in [-0.1, -0.05) is 58.4 Å². The number of rotatable bonds is 6. The number of benzene rings is 2. The summed E-state index contributed by atoms with van der Waals surface area (Å²) in [5.41, 5.74) is -2.11. The topological polar surface area (TPSA) is 112 Å². The molecule has 9 heteroatoms. The number of aliphatic hydroxyl groups excluding tert-OH is 2. The van der Waals surface area contributed by atoms with Crippen molar-refractivity contribution in [3.05, 3.63) is 88.2 Å². The Bertz CT molecular complexity index is 1270. The number of aromatic nitrogens is 1. The van der Waals surface area contributed by atoms with E-state index >= 15 is 0 Å². The molecule has 2 heterocycles. The third-order valence-corrected chi connectivity index (χ3v) is 7.94. The molecule has 1 aliphatic heterocycles. The summed E-state index contributed by atoms with van der Waals surface area (Å²) < 4.78 is 13.0. The summed E-state index contributed by atoms with van der Waals surface area (Å²) in [6.45, 7) is -0.153. The Hall–Kier alpha value is -2.98. The van der Waals surface area contributed by atoms with Gasteiger partial charge in [0.2, 0.25) is 5.91 Å². The molecule has 1 fully saturated rings. The van der Waals surface area contributed by atoms with Crippen LogP contribution in [0.15, 0.2) is 71.5 Å². The van der Waals surface area contributed by atoms with Crippen molar-refractivity contribution in [3.8, 4) is 11.5 Å². The van der Waals surface area contributed by atoms with E-state index in [9.17, 15) is 20.1 Å². The van der Waals surface area contributed by atoms with Crippen LogP contribution in [0.3, 0.4) is 0 Å². The molecular formula is C27H27BrN2O6. The number of aliphatic hydroxyl groups is 3. The first-order chi connectivity index (χ1) is 17.3. The van der Waals surface area contributed by atoms with Crippen LogP contribution < -0.4 is 9.47 Å². The Balaban J connectivity index is 1.85. The summed E-state index contributed by atoms with van der Waals surface area (Å²) in [5, 5.41) is 34.1. The van der Waals surface area contributed by atoms with Crippen molar-refractivity contribution in [1.82, 2.24) is 9.88 Å². The van der Waals surface area contributed by atoms with Crippen LogP contribution in [0.4, 0.5) is 0 Å². The highest BCUT2D eigenvalue weighted by atomic mass is 79.9. The van der Waals surface area contributed by atoms with Crippen molar-refractivity contribution < 1.29 is 29.6 Å². The molecule has 1 saturated carbocycles. The molecule has 1 aliphatic carbocycles. The minimum atomic E-state index is -2.06. The zero-order valence-corrected chi connectivity index (χ0v) is 21.4. The van der Waals surface area contributed by atoms with E-state index in [1.54, 1.807) is 7.05 Å². The van der Waals surface area contributed by atoms with Crippen molar-refractivity contribution in [2.75, 3.05) is 27.3 Å². The number of pyridine rings is 1. The number of hydrogen-bond acceptors (Lipinski definition) is 7. The van der Waals surface area contributed by atoms with Gasteiger partial charge in [-0.15, -0.1) is 0 Å². The van der Waals surface area contributed by atoms with E-state index < -0.39 is 35.0 Å². The molecule has 0 radical (unpaired) electrons. The average molecular weight is 555 g/mol. The maximum atomic E-state index is 13.8. The lowest BCUT2D eigenvalue weighted by atomic mass is 9.70. The van der Waals surface area contributed by atoms with Crippen molar-refractivity contribution >= 4 is 21.8 Å². The Morgan fingerprint density at radius 1 is 1.17 bits per heavy atom. The van der Waals surface area contributed by atoms with E-state index in [1.165, 1.54) is 24.4 Å². The standard InChI is InChI=1S/C27H27BrN2O6/c1-30(12-13-31)25(33)21-22(16-6-4-3-5-7-16)27(17-8-10-18(28)11-9-17)26(34,24(21)32)23-19(35-2)14-29-15-20(23)36-27/h3-11,14-15,21-22,24,31-32,34H,12-13H2,1-2H3/t21?,22-,24-,26+,27+/m1/s1. The van der Waals surface area contributed by atoms with Crippen LogP contribution in [0.5, 0.6) is 11.5 Å². The molecule has 36 heavy (non-hydrogen) atoms. The first-order valence-corrected chi connectivity index (χ1v) is 12.4. The number of fused-ring (bicyclic) bond motifs is 3. The molecule has 5 rings (SSSR count). The second-order valence-corrected chi connectivity index (χ2v) is 10.1. The quantitative estimate of drug-likeness (QED) is 0.429. The summed E-state index contributed by atoms with van der Waals surface area (Å²) >= 11 is 3.47. The minimum Gasteiger partial charge on any atom is -0.495 e. The number of amides is 1. The average Bonchev–Trinajstić information content (AvgIpc) is 3.27. The van der Waals surface area contributed by atoms with Gasteiger partial charge in [-0.3, -0.25) is 9.78 Å². The molecule has 3 aromatic rings. The molecule has 8 nitrogen and oxygen atoms in total.